The predicted octanol–water partition coefficient (Wildman–Crippen LogP) is 6.07. The summed E-state index contributed by atoms with van der Waals surface area (Å²) >= 11 is 12.3. The molecule has 1 saturated heterocycles. The molecule has 31 heavy (non-hydrogen) atoms. The van der Waals surface area contributed by atoms with Crippen molar-refractivity contribution in [2.24, 2.45) is 0 Å². The Bertz CT molecular complexity index is 1240. The van der Waals surface area contributed by atoms with E-state index in [1.54, 1.807) is 36.4 Å². The summed E-state index contributed by atoms with van der Waals surface area (Å²) in [5.74, 6) is -2.52. The predicted molar refractivity (Wildman–Crippen MR) is 119 cm³/mol. The number of halogens is 3. The molecule has 1 atom stereocenters. The summed E-state index contributed by atoms with van der Waals surface area (Å²) in [5.41, 5.74) is 1.99. The molecule has 0 spiro atoms. The third-order valence-electron chi connectivity index (χ3n) is 5.10. The highest BCUT2D eigenvalue weighted by Crippen LogP contribution is 2.43. The lowest BCUT2D eigenvalue weighted by Crippen LogP contribution is -2.29. The zero-order valence-electron chi connectivity index (χ0n) is 16.3. The highest BCUT2D eigenvalue weighted by Gasteiger charge is 2.47. The molecule has 4 rings (SSSR count). The molecule has 3 aromatic carbocycles. The molecule has 1 fully saturated rings. The Kier molecular flexibility index (Phi) is 5.56. The number of benzene rings is 3. The summed E-state index contributed by atoms with van der Waals surface area (Å²) < 4.78 is 13.4. The fourth-order valence-corrected chi connectivity index (χ4v) is 3.94. The van der Waals surface area contributed by atoms with Gasteiger partial charge in [0.05, 0.1) is 21.7 Å². The minimum atomic E-state index is -0.943. The van der Waals surface area contributed by atoms with Gasteiger partial charge in [-0.1, -0.05) is 41.4 Å². The van der Waals surface area contributed by atoms with Crippen LogP contribution < -0.4 is 4.90 Å². The van der Waals surface area contributed by atoms with Crippen LogP contribution in [0.1, 0.15) is 22.7 Å². The third-order valence-corrected chi connectivity index (χ3v) is 5.84. The number of aliphatic hydroxyl groups is 1. The molecule has 0 saturated carbocycles. The van der Waals surface area contributed by atoms with Crippen LogP contribution in [0, 0.1) is 12.7 Å². The van der Waals surface area contributed by atoms with Crippen molar-refractivity contribution in [3.05, 3.63) is 105 Å². The lowest BCUT2D eigenvalue weighted by Gasteiger charge is -2.26. The van der Waals surface area contributed by atoms with Crippen LogP contribution >= 0.6 is 23.2 Å². The maximum absolute atomic E-state index is 13.4. The average molecular weight is 456 g/mol. The number of ketones is 1. The van der Waals surface area contributed by atoms with Crippen molar-refractivity contribution in [1.29, 1.82) is 0 Å². The molecule has 0 bridgehead atoms. The number of Topliss-reactive ketones (excluding diaryl/α,β-unsaturated/α-hetero) is 1. The molecule has 0 radical (unpaired) electrons. The van der Waals surface area contributed by atoms with Gasteiger partial charge in [-0.2, -0.15) is 0 Å². The van der Waals surface area contributed by atoms with E-state index >= 15 is 0 Å². The van der Waals surface area contributed by atoms with Gasteiger partial charge in [0.15, 0.2) is 0 Å². The molecule has 1 amide bonds. The van der Waals surface area contributed by atoms with Crippen molar-refractivity contribution in [3.8, 4) is 0 Å². The van der Waals surface area contributed by atoms with Gasteiger partial charge >= 0.3 is 0 Å². The van der Waals surface area contributed by atoms with Crippen molar-refractivity contribution in [2.45, 2.75) is 13.0 Å². The number of amides is 1. The van der Waals surface area contributed by atoms with Gasteiger partial charge in [0.2, 0.25) is 0 Å². The lowest BCUT2D eigenvalue weighted by molar-refractivity contribution is -0.132. The first-order valence-electron chi connectivity index (χ1n) is 9.36. The van der Waals surface area contributed by atoms with E-state index in [9.17, 15) is 19.1 Å². The van der Waals surface area contributed by atoms with Crippen LogP contribution in [0.15, 0.2) is 72.3 Å². The standard InChI is InChI=1S/C24H16Cl2FNO3/c1-13-3-2-4-17(11-13)28-21(15-7-10-18(25)19(26)12-15)20(23(30)24(28)31)22(29)14-5-8-16(27)9-6-14/h2-12,21,29H,1H3/b22-20-. The number of carbonyl (C=O) groups is 2. The van der Waals surface area contributed by atoms with E-state index in [4.69, 9.17) is 23.2 Å². The minimum Gasteiger partial charge on any atom is -0.507 e. The smallest absolute Gasteiger partial charge is 0.300 e. The van der Waals surface area contributed by atoms with Gasteiger partial charge in [-0.15, -0.1) is 0 Å². The highest BCUT2D eigenvalue weighted by molar-refractivity contribution is 6.51. The molecule has 1 N–H and O–H groups in total. The number of hydrogen-bond donors (Lipinski definition) is 1. The summed E-state index contributed by atoms with van der Waals surface area (Å²) in [6.45, 7) is 1.87. The maximum Gasteiger partial charge on any atom is 0.300 e. The first-order valence-corrected chi connectivity index (χ1v) is 10.1. The minimum absolute atomic E-state index is 0.114. The molecule has 1 aliphatic heterocycles. The number of hydrogen-bond acceptors (Lipinski definition) is 3. The summed E-state index contributed by atoms with van der Waals surface area (Å²) in [5, 5.41) is 11.5. The fraction of sp³-hybridized carbons (Fsp3) is 0.0833. The van der Waals surface area contributed by atoms with Crippen LogP contribution in [0.4, 0.5) is 10.1 Å². The van der Waals surface area contributed by atoms with E-state index < -0.39 is 29.3 Å². The maximum atomic E-state index is 13.4. The molecule has 3 aromatic rings. The van der Waals surface area contributed by atoms with E-state index in [0.717, 1.165) is 5.56 Å². The Morgan fingerprint density at radius 3 is 2.32 bits per heavy atom. The Morgan fingerprint density at radius 2 is 1.68 bits per heavy atom. The molecule has 0 aliphatic carbocycles. The van der Waals surface area contributed by atoms with Crippen LogP contribution in [-0.2, 0) is 9.59 Å². The number of aryl methyl sites for hydroxylation is 1. The van der Waals surface area contributed by atoms with Crippen LogP contribution in [0.3, 0.4) is 0 Å². The van der Waals surface area contributed by atoms with Crippen LogP contribution in [0.2, 0.25) is 10.0 Å². The first-order chi connectivity index (χ1) is 14.8. The van der Waals surface area contributed by atoms with Gasteiger partial charge < -0.3 is 5.11 Å². The number of rotatable bonds is 3. The lowest BCUT2D eigenvalue weighted by atomic mass is 9.95. The first kappa shape index (κ1) is 21.1. The van der Waals surface area contributed by atoms with Gasteiger partial charge in [-0.3, -0.25) is 14.5 Å². The van der Waals surface area contributed by atoms with Crippen LogP contribution in [0.5, 0.6) is 0 Å². The molecular formula is C24H16Cl2FNO3. The highest BCUT2D eigenvalue weighted by atomic mass is 35.5. The molecule has 156 valence electrons. The molecule has 7 heteroatoms. The third kappa shape index (κ3) is 3.82. The van der Waals surface area contributed by atoms with E-state index in [-0.39, 0.29) is 16.2 Å². The summed E-state index contributed by atoms with van der Waals surface area (Å²) in [6, 6.07) is 16.0. The molecule has 0 aromatic heterocycles. The second-order valence-corrected chi connectivity index (χ2v) is 8.00. The van der Waals surface area contributed by atoms with Crippen molar-refractivity contribution < 1.29 is 19.1 Å². The molecule has 1 heterocycles. The zero-order chi connectivity index (χ0) is 22.3. The number of anilines is 1. The van der Waals surface area contributed by atoms with Crippen LogP contribution in [-0.4, -0.2) is 16.8 Å². The molecule has 1 aliphatic rings. The van der Waals surface area contributed by atoms with Crippen molar-refractivity contribution in [1.82, 2.24) is 0 Å². The van der Waals surface area contributed by atoms with E-state index in [1.807, 2.05) is 13.0 Å². The number of aliphatic hydroxyl groups excluding tert-OH is 1. The number of nitrogens with zero attached hydrogens (tertiary/aromatic N) is 1. The Hall–Kier alpha value is -3.15. The van der Waals surface area contributed by atoms with E-state index in [0.29, 0.717) is 16.3 Å². The Labute approximate surface area is 188 Å². The Morgan fingerprint density at radius 1 is 0.968 bits per heavy atom. The normalized spacial score (nSPS) is 17.9. The molecular weight excluding hydrogens is 440 g/mol. The fourth-order valence-electron chi connectivity index (χ4n) is 3.64. The Balaban J connectivity index is 1.97. The second-order valence-electron chi connectivity index (χ2n) is 7.19. The average Bonchev–Trinajstić information content (AvgIpc) is 3.01. The SMILES string of the molecule is Cc1cccc(N2C(=O)C(=O)/C(=C(\O)c3ccc(F)cc3)C2c2ccc(Cl)c(Cl)c2)c1. The summed E-state index contributed by atoms with van der Waals surface area (Å²) in [7, 11) is 0. The van der Waals surface area contributed by atoms with Gasteiger partial charge in [-0.05, 0) is 66.6 Å². The van der Waals surface area contributed by atoms with E-state index in [1.165, 1.54) is 29.2 Å². The van der Waals surface area contributed by atoms with Crippen molar-refractivity contribution in [2.75, 3.05) is 4.90 Å². The largest absolute Gasteiger partial charge is 0.507 e. The zero-order valence-corrected chi connectivity index (χ0v) is 17.8. The monoisotopic (exact) mass is 455 g/mol. The van der Waals surface area contributed by atoms with Gasteiger partial charge in [0.1, 0.15) is 11.6 Å². The number of carbonyl (C=O) groups excluding carboxylic acids is 2. The van der Waals surface area contributed by atoms with Crippen molar-refractivity contribution in [3.63, 3.8) is 0 Å². The summed E-state index contributed by atoms with van der Waals surface area (Å²) in [4.78, 5) is 27.4. The van der Waals surface area contributed by atoms with Gasteiger partial charge in [-0.25, -0.2) is 4.39 Å². The van der Waals surface area contributed by atoms with Crippen molar-refractivity contribution >= 4 is 46.3 Å². The summed E-state index contributed by atoms with van der Waals surface area (Å²) in [6.07, 6.45) is 0. The quantitative estimate of drug-likeness (QED) is 0.296. The van der Waals surface area contributed by atoms with Gasteiger partial charge in [0, 0.05) is 11.3 Å². The van der Waals surface area contributed by atoms with Gasteiger partial charge in [0.25, 0.3) is 11.7 Å². The molecule has 4 nitrogen and oxygen atoms in total. The van der Waals surface area contributed by atoms with E-state index in [2.05, 4.69) is 0 Å². The molecule has 1 unspecified atom stereocenters. The second kappa shape index (κ2) is 8.17. The topological polar surface area (TPSA) is 57.6 Å². The van der Waals surface area contributed by atoms with Crippen LogP contribution in [0.25, 0.3) is 5.76 Å².